The lowest BCUT2D eigenvalue weighted by atomic mass is 9.73. The molecule has 1 aliphatic carbocycles. The topological polar surface area (TPSA) is 246 Å². The predicted molar refractivity (Wildman–Crippen MR) is 285 cm³/mol. The highest BCUT2D eigenvalue weighted by molar-refractivity contribution is 5.73. The van der Waals surface area contributed by atoms with Crippen LogP contribution in [0.25, 0.3) is 0 Å². The smallest absolute Gasteiger partial charge is 0.269 e. The molecular formula is C60H44N4O16. The molecule has 8 aromatic carbocycles. The fourth-order valence-electron chi connectivity index (χ4n) is 12.6. The Labute approximate surface area is 454 Å². The Bertz CT molecular complexity index is 3410. The van der Waals surface area contributed by atoms with Gasteiger partial charge in [-0.3, -0.25) is 40.5 Å². The molecule has 8 aromatic rings. The number of non-ortho nitro benzene ring substituents is 4. The summed E-state index contributed by atoms with van der Waals surface area (Å²) in [6, 6.07) is 32.7. The van der Waals surface area contributed by atoms with Gasteiger partial charge in [0.2, 0.25) is 27.2 Å². The van der Waals surface area contributed by atoms with Gasteiger partial charge in [0.25, 0.3) is 22.7 Å². The second-order valence-electron chi connectivity index (χ2n) is 20.1. The van der Waals surface area contributed by atoms with Crippen LogP contribution < -0.4 is 37.9 Å². The van der Waals surface area contributed by atoms with Crippen molar-refractivity contribution < 1.29 is 57.6 Å². The van der Waals surface area contributed by atoms with Gasteiger partial charge in [-0.05, 0) is 74.2 Å². The average Bonchev–Trinajstić information content (AvgIpc) is 3.59. The number of benzene rings is 8. The van der Waals surface area contributed by atoms with E-state index in [0.29, 0.717) is 135 Å². The molecule has 0 saturated carbocycles. The third-order valence-electron chi connectivity index (χ3n) is 15.8. The summed E-state index contributed by atoms with van der Waals surface area (Å²) in [5.74, 6) is -1.25. The van der Waals surface area contributed by atoms with Gasteiger partial charge in [0, 0.05) is 139 Å². The predicted octanol–water partition coefficient (Wildman–Crippen LogP) is 12.5. The fraction of sp³-hybridized carbons (Fsp3) is 0.200. The summed E-state index contributed by atoms with van der Waals surface area (Å²) in [7, 11) is 0. The molecule has 0 amide bonds. The molecule has 4 aliphatic heterocycles. The van der Waals surface area contributed by atoms with Crippen LogP contribution >= 0.6 is 0 Å². The Hall–Kier alpha value is -10.2. The van der Waals surface area contributed by atoms with Crippen LogP contribution in [0.15, 0.2) is 121 Å². The van der Waals surface area contributed by atoms with E-state index in [9.17, 15) is 40.5 Å². The number of rotatable bonds is 8. The quantitative estimate of drug-likeness (QED) is 0.101. The van der Waals surface area contributed by atoms with Gasteiger partial charge in [-0.1, -0.05) is 48.5 Å². The summed E-state index contributed by atoms with van der Waals surface area (Å²) in [5, 5.41) is 51.0. The van der Waals surface area contributed by atoms with Crippen molar-refractivity contribution in [3.05, 3.63) is 251 Å². The standard InChI is InChI=1S/C60H44N4O16/c1-29-53-41-21-42-50(34-10-6-14-38(18-34)62(67)68)44-23-46-52(36-12-8-16-40(20-36)64(71)72)48-24-47-51(35-11-7-15-39(19-35)63(69)70)45-22-43(49(41)33-9-5-13-37(17-33)61(65)66)55(75-25-73-53)30(2)57(45)77-27-79-59(47)32(4)60(48)80-28-78-58(46)31(3)56(44)76-26-74-54(29)42/h5-24,49-52H,25-28H2,1-4H3. The minimum Gasteiger partial charge on any atom is -0.457 e. The highest BCUT2D eigenvalue weighted by Gasteiger charge is 2.42. The molecule has 0 radical (unpaired) electrons. The minimum atomic E-state index is -0.954. The Morgan fingerprint density at radius 1 is 0.300 bits per heavy atom. The maximum atomic E-state index is 12.7. The maximum Gasteiger partial charge on any atom is 0.269 e. The molecule has 0 spiro atoms. The zero-order valence-electron chi connectivity index (χ0n) is 43.0. The van der Waals surface area contributed by atoms with Crippen molar-refractivity contribution in [1.29, 1.82) is 0 Å². The molecule has 0 fully saturated rings. The summed E-state index contributed by atoms with van der Waals surface area (Å²) in [5.41, 5.74) is 7.13. The number of hydrogen-bond acceptors (Lipinski definition) is 16. The van der Waals surface area contributed by atoms with Gasteiger partial charge in [0.1, 0.15) is 46.0 Å². The van der Waals surface area contributed by atoms with Crippen LogP contribution in [0.1, 0.15) is 113 Å². The molecule has 20 heteroatoms. The van der Waals surface area contributed by atoms with Crippen LogP contribution in [0.3, 0.4) is 0 Å². The van der Waals surface area contributed by atoms with Crippen molar-refractivity contribution in [3.8, 4) is 46.0 Å². The van der Waals surface area contributed by atoms with Crippen LogP contribution in [0.2, 0.25) is 0 Å². The largest absolute Gasteiger partial charge is 0.457 e. The summed E-state index contributed by atoms with van der Waals surface area (Å²) < 4.78 is 53.5. The third kappa shape index (κ3) is 7.72. The average molecular weight is 1080 g/mol. The van der Waals surface area contributed by atoms with Gasteiger partial charge in [0.05, 0.1) is 19.7 Å². The Morgan fingerprint density at radius 3 is 0.637 bits per heavy atom. The first-order chi connectivity index (χ1) is 38.7. The second-order valence-corrected chi connectivity index (χ2v) is 20.1. The first-order valence-electron chi connectivity index (χ1n) is 25.4. The summed E-state index contributed by atoms with van der Waals surface area (Å²) in [4.78, 5) is 49.1. The van der Waals surface area contributed by atoms with E-state index in [2.05, 4.69) is 0 Å². The normalized spacial score (nSPS) is 17.8. The molecule has 0 saturated heterocycles. The van der Waals surface area contributed by atoms with E-state index in [1.807, 2.05) is 52.0 Å². The van der Waals surface area contributed by atoms with Gasteiger partial charge in [-0.2, -0.15) is 0 Å². The Kier molecular flexibility index (Phi) is 11.6. The van der Waals surface area contributed by atoms with E-state index in [-0.39, 0.29) is 49.9 Å². The lowest BCUT2D eigenvalue weighted by Crippen LogP contribution is -2.25. The van der Waals surface area contributed by atoms with E-state index >= 15 is 0 Å². The molecular weight excluding hydrogens is 1030 g/mol. The summed E-state index contributed by atoms with van der Waals surface area (Å²) in [6.07, 6.45) is 0. The van der Waals surface area contributed by atoms with Gasteiger partial charge in [-0.25, -0.2) is 0 Å². The molecule has 0 atom stereocenters. The highest BCUT2D eigenvalue weighted by Crippen LogP contribution is 2.59. The molecule has 4 heterocycles. The molecule has 0 N–H and O–H groups in total. The number of nitrogens with zero attached hydrogens (tertiary/aromatic N) is 4. The van der Waals surface area contributed by atoms with Crippen LogP contribution in [0.5, 0.6) is 46.0 Å². The molecule has 0 aromatic heterocycles. The first-order valence-corrected chi connectivity index (χ1v) is 25.4. The Balaban J connectivity index is 1.27. The van der Waals surface area contributed by atoms with Gasteiger partial charge in [-0.15, -0.1) is 0 Å². The van der Waals surface area contributed by atoms with E-state index in [1.54, 1.807) is 48.5 Å². The van der Waals surface area contributed by atoms with Crippen molar-refractivity contribution >= 4 is 22.7 Å². The van der Waals surface area contributed by atoms with Crippen molar-refractivity contribution in [2.75, 3.05) is 27.2 Å². The third-order valence-corrected chi connectivity index (χ3v) is 15.8. The van der Waals surface area contributed by atoms with Crippen molar-refractivity contribution in [3.63, 3.8) is 0 Å². The van der Waals surface area contributed by atoms with Gasteiger partial charge < -0.3 is 37.9 Å². The van der Waals surface area contributed by atoms with E-state index in [0.717, 1.165) is 0 Å². The Morgan fingerprint density at radius 2 is 0.475 bits per heavy atom. The molecule has 5 aliphatic rings. The van der Waals surface area contributed by atoms with Crippen LogP contribution in [-0.2, 0) is 0 Å². The van der Waals surface area contributed by atoms with Crippen molar-refractivity contribution in [2.24, 2.45) is 0 Å². The molecule has 400 valence electrons. The van der Waals surface area contributed by atoms with Crippen molar-refractivity contribution in [1.82, 2.24) is 0 Å². The first kappa shape index (κ1) is 49.3. The van der Waals surface area contributed by atoms with Gasteiger partial charge >= 0.3 is 0 Å². The van der Waals surface area contributed by atoms with Crippen LogP contribution in [0.4, 0.5) is 22.7 Å². The maximum absolute atomic E-state index is 12.7. The zero-order chi connectivity index (χ0) is 55.4. The molecule has 8 bridgehead atoms. The number of nitro groups is 4. The summed E-state index contributed by atoms with van der Waals surface area (Å²) in [6.45, 7) is 5.90. The van der Waals surface area contributed by atoms with E-state index in [4.69, 9.17) is 37.9 Å². The minimum absolute atomic E-state index is 0.197. The number of nitro benzene ring substituents is 4. The van der Waals surface area contributed by atoms with Crippen LogP contribution in [-0.4, -0.2) is 46.9 Å². The molecule has 0 unspecified atom stereocenters. The SMILES string of the molecule is Cc1c2c3cc4c1OCOc1c(cc5c(c1C)OCOc1c(cc6c(c1C)OCOc1c(cc(c(c1C)OCO2)C3c1cccc([N+](=O)[O-])c1)C6c1cccc([N+](=O)[O-])c1)C5c1cccc([N+](=O)[O-])c1)C4c1cccc([N+](=O)[O-])c1. The second kappa shape index (κ2) is 18.7. The molecule has 20 nitrogen and oxygen atoms in total. The molecule has 80 heavy (non-hydrogen) atoms. The lowest BCUT2D eigenvalue weighted by molar-refractivity contribution is -0.385. The van der Waals surface area contributed by atoms with E-state index in [1.165, 1.54) is 48.5 Å². The number of hydrogen-bond donors (Lipinski definition) is 0. The van der Waals surface area contributed by atoms with Crippen LogP contribution in [0, 0.1) is 68.2 Å². The lowest BCUT2D eigenvalue weighted by Gasteiger charge is -2.37. The van der Waals surface area contributed by atoms with E-state index < -0.39 is 43.4 Å². The van der Waals surface area contributed by atoms with Gasteiger partial charge in [0.15, 0.2) is 0 Å². The zero-order valence-corrected chi connectivity index (χ0v) is 43.0. The number of ether oxygens (including phenoxy) is 8. The highest BCUT2D eigenvalue weighted by atomic mass is 16.7. The fourth-order valence-corrected chi connectivity index (χ4v) is 12.6. The van der Waals surface area contributed by atoms with Crippen molar-refractivity contribution in [2.45, 2.75) is 51.4 Å². The summed E-state index contributed by atoms with van der Waals surface area (Å²) >= 11 is 0. The molecule has 13 rings (SSSR count). The monoisotopic (exact) mass is 1080 g/mol.